The maximum Gasteiger partial charge on any atom is 0.123 e. The summed E-state index contributed by atoms with van der Waals surface area (Å²) in [5.74, 6) is 3.19. The summed E-state index contributed by atoms with van der Waals surface area (Å²) in [5.41, 5.74) is 6.34. The average molecular weight is 489 g/mol. The normalized spacial score (nSPS) is 24.3. The Hall–Kier alpha value is -1.80. The first kappa shape index (κ1) is 26.3. The van der Waals surface area contributed by atoms with Crippen LogP contribution in [0.2, 0.25) is 17.6 Å². The fourth-order valence-corrected chi connectivity index (χ4v) is 13.1. The van der Waals surface area contributed by atoms with E-state index in [0.717, 1.165) is 5.54 Å². The largest absolute Gasteiger partial charge is 0.488 e. The number of hydrogen-bond donors (Lipinski definition) is 0. The third-order valence-corrected chi connectivity index (χ3v) is 14.9. The predicted octanol–water partition coefficient (Wildman–Crippen LogP) is 9.00. The van der Waals surface area contributed by atoms with Crippen molar-refractivity contribution in [2.24, 2.45) is 11.8 Å². The summed E-state index contributed by atoms with van der Waals surface area (Å²) in [6, 6.07) is 16.6. The molecule has 0 amide bonds. The molecule has 2 heteroatoms. The number of ether oxygens (including phenoxy) is 1. The van der Waals surface area contributed by atoms with Crippen molar-refractivity contribution in [3.63, 3.8) is 0 Å². The van der Waals surface area contributed by atoms with E-state index in [1.807, 2.05) is 0 Å². The van der Waals surface area contributed by atoms with E-state index in [-0.39, 0.29) is 11.0 Å². The highest BCUT2D eigenvalue weighted by Crippen LogP contribution is 2.59. The molecule has 0 N–H and O–H groups in total. The Labute approximate surface area is 216 Å². The highest BCUT2D eigenvalue weighted by atomic mass is 28.3. The molecule has 2 aromatic rings. The van der Waals surface area contributed by atoms with Crippen LogP contribution < -0.4 is 9.92 Å². The second-order valence-electron chi connectivity index (χ2n) is 13.4. The molecule has 2 aliphatic carbocycles. The van der Waals surface area contributed by atoms with Gasteiger partial charge in [-0.15, -0.1) is 0 Å². The summed E-state index contributed by atoms with van der Waals surface area (Å²) in [6.07, 6.45) is 6.35. The SMILES string of the molecule is CC[Si](CC)(c1cc(C)cc(C(C)(C)C)c1OC(C)(C)C)C1CC(C)C2c3ccccc3C=CC21. The molecular weight excluding hydrogens is 440 g/mol. The van der Waals surface area contributed by atoms with Crippen LogP contribution in [0, 0.1) is 18.8 Å². The van der Waals surface area contributed by atoms with Crippen LogP contribution in [0.25, 0.3) is 6.08 Å². The van der Waals surface area contributed by atoms with Gasteiger partial charge in [0.05, 0.1) is 8.07 Å². The second kappa shape index (κ2) is 9.25. The van der Waals surface area contributed by atoms with Crippen LogP contribution in [0.3, 0.4) is 0 Å². The molecule has 2 aromatic carbocycles. The van der Waals surface area contributed by atoms with Gasteiger partial charge in [-0.1, -0.05) is 108 Å². The van der Waals surface area contributed by atoms with Crippen LogP contribution in [0.1, 0.15) is 96.9 Å². The molecule has 0 radical (unpaired) electrons. The van der Waals surface area contributed by atoms with Gasteiger partial charge in [0.2, 0.25) is 0 Å². The third-order valence-electron chi connectivity index (χ3n) is 8.93. The van der Waals surface area contributed by atoms with Gasteiger partial charge in [0.1, 0.15) is 11.4 Å². The van der Waals surface area contributed by atoms with Crippen molar-refractivity contribution in [2.75, 3.05) is 0 Å². The van der Waals surface area contributed by atoms with Crippen molar-refractivity contribution in [3.05, 3.63) is 64.7 Å². The molecule has 0 heterocycles. The van der Waals surface area contributed by atoms with Gasteiger partial charge >= 0.3 is 0 Å². The molecule has 4 rings (SSSR count). The smallest absolute Gasteiger partial charge is 0.123 e. The quantitative estimate of drug-likeness (QED) is 0.381. The van der Waals surface area contributed by atoms with E-state index in [9.17, 15) is 0 Å². The number of hydrogen-bond acceptors (Lipinski definition) is 1. The number of benzene rings is 2. The van der Waals surface area contributed by atoms with Gasteiger partial charge in [-0.3, -0.25) is 0 Å². The molecule has 35 heavy (non-hydrogen) atoms. The molecule has 1 nitrogen and oxygen atoms in total. The van der Waals surface area contributed by atoms with E-state index in [0.29, 0.717) is 17.8 Å². The summed E-state index contributed by atoms with van der Waals surface area (Å²) in [6.45, 7) is 23.4. The fourth-order valence-electron chi connectivity index (χ4n) is 7.35. The van der Waals surface area contributed by atoms with E-state index >= 15 is 0 Å². The van der Waals surface area contributed by atoms with Crippen molar-refractivity contribution in [1.82, 2.24) is 0 Å². The molecule has 1 fully saturated rings. The van der Waals surface area contributed by atoms with Gasteiger partial charge in [0.15, 0.2) is 0 Å². The lowest BCUT2D eigenvalue weighted by Crippen LogP contribution is -2.53. The van der Waals surface area contributed by atoms with Gasteiger partial charge < -0.3 is 4.74 Å². The van der Waals surface area contributed by atoms with Crippen LogP contribution in [-0.2, 0) is 5.41 Å². The molecule has 0 aliphatic heterocycles. The molecule has 1 saturated carbocycles. The Morgan fingerprint density at radius 1 is 0.971 bits per heavy atom. The number of allylic oxidation sites excluding steroid dienone is 1. The molecule has 190 valence electrons. The third kappa shape index (κ3) is 4.68. The lowest BCUT2D eigenvalue weighted by atomic mass is 9.78. The molecule has 0 spiro atoms. The van der Waals surface area contributed by atoms with Crippen LogP contribution in [0.15, 0.2) is 42.5 Å². The van der Waals surface area contributed by atoms with E-state index < -0.39 is 8.07 Å². The highest BCUT2D eigenvalue weighted by Gasteiger charge is 2.53. The lowest BCUT2D eigenvalue weighted by molar-refractivity contribution is 0.129. The van der Waals surface area contributed by atoms with Crippen LogP contribution in [0.4, 0.5) is 0 Å². The molecule has 2 aliphatic rings. The van der Waals surface area contributed by atoms with Crippen LogP contribution in [-0.4, -0.2) is 13.7 Å². The molecule has 0 bridgehead atoms. The first-order valence-corrected chi connectivity index (χ1v) is 16.4. The van der Waals surface area contributed by atoms with E-state index in [1.165, 1.54) is 40.9 Å². The highest BCUT2D eigenvalue weighted by molar-refractivity contribution is 6.93. The van der Waals surface area contributed by atoms with Gasteiger partial charge in [0.25, 0.3) is 0 Å². The Morgan fingerprint density at radius 2 is 1.63 bits per heavy atom. The van der Waals surface area contributed by atoms with Crippen LogP contribution >= 0.6 is 0 Å². The van der Waals surface area contributed by atoms with E-state index in [1.54, 1.807) is 10.8 Å². The van der Waals surface area contributed by atoms with Crippen LogP contribution in [0.5, 0.6) is 5.75 Å². The summed E-state index contributed by atoms with van der Waals surface area (Å²) in [5, 5.41) is 1.59. The Balaban J connectivity index is 1.93. The topological polar surface area (TPSA) is 9.23 Å². The summed E-state index contributed by atoms with van der Waals surface area (Å²) >= 11 is 0. The summed E-state index contributed by atoms with van der Waals surface area (Å²) in [7, 11) is -1.92. The van der Waals surface area contributed by atoms with Crippen molar-refractivity contribution in [3.8, 4) is 5.75 Å². The molecule has 4 unspecified atom stereocenters. The minimum Gasteiger partial charge on any atom is -0.488 e. The minimum absolute atomic E-state index is 0.0398. The van der Waals surface area contributed by atoms with E-state index in [4.69, 9.17) is 4.74 Å². The van der Waals surface area contributed by atoms with Gasteiger partial charge in [-0.25, -0.2) is 0 Å². The fraction of sp³-hybridized carbons (Fsp3) is 0.576. The van der Waals surface area contributed by atoms with Crippen molar-refractivity contribution in [1.29, 1.82) is 0 Å². The second-order valence-corrected chi connectivity index (χ2v) is 18.4. The van der Waals surface area contributed by atoms with Gasteiger partial charge in [-0.05, 0) is 84.7 Å². The first-order valence-electron chi connectivity index (χ1n) is 13.9. The molecular formula is C33H48OSi. The predicted molar refractivity (Wildman–Crippen MR) is 156 cm³/mol. The van der Waals surface area contributed by atoms with Crippen molar-refractivity contribution >= 4 is 19.3 Å². The first-order chi connectivity index (χ1) is 16.3. The molecule has 4 atom stereocenters. The maximum absolute atomic E-state index is 6.95. The zero-order chi connectivity index (χ0) is 25.8. The van der Waals surface area contributed by atoms with Crippen molar-refractivity contribution < 1.29 is 4.74 Å². The molecule has 0 aromatic heterocycles. The summed E-state index contributed by atoms with van der Waals surface area (Å²) in [4.78, 5) is 0. The number of aryl methyl sites for hydroxylation is 1. The lowest BCUT2D eigenvalue weighted by Gasteiger charge is -2.43. The zero-order valence-corrected chi connectivity index (χ0v) is 25.0. The Kier molecular flexibility index (Phi) is 6.94. The molecule has 0 saturated heterocycles. The van der Waals surface area contributed by atoms with E-state index in [2.05, 4.69) is 118 Å². The van der Waals surface area contributed by atoms with Gasteiger partial charge in [0, 0.05) is 0 Å². The minimum atomic E-state index is -1.92. The number of rotatable bonds is 5. The Bertz CT molecular complexity index is 1090. The summed E-state index contributed by atoms with van der Waals surface area (Å²) < 4.78 is 6.95. The average Bonchev–Trinajstić information content (AvgIpc) is 3.12. The standard InChI is InChI=1S/C33H48OSi/c1-11-35(12-2,28-21-23(4)30-25-16-14-13-15-24(25)17-18-26(28)30)29-20-22(3)19-27(32(5,6)7)31(29)34-33(8,9)10/h13-20,23,26,28,30H,11-12,21H2,1-10H3. The number of fused-ring (bicyclic) bond motifs is 3. The zero-order valence-electron chi connectivity index (χ0n) is 24.0. The van der Waals surface area contributed by atoms with Crippen molar-refractivity contribution in [2.45, 2.75) is 110 Å². The maximum atomic E-state index is 6.95. The van der Waals surface area contributed by atoms with Gasteiger partial charge in [-0.2, -0.15) is 0 Å². The monoisotopic (exact) mass is 488 g/mol. The Morgan fingerprint density at radius 3 is 2.23 bits per heavy atom.